The van der Waals surface area contributed by atoms with Gasteiger partial charge >= 0.3 is 5.97 Å². The van der Waals surface area contributed by atoms with Gasteiger partial charge < -0.3 is 19.5 Å². The van der Waals surface area contributed by atoms with Crippen LogP contribution in [0.15, 0.2) is 41.3 Å². The molecule has 0 aromatic heterocycles. The first-order chi connectivity index (χ1) is 15.3. The Hall–Kier alpha value is -3.11. The maximum absolute atomic E-state index is 13.0. The van der Waals surface area contributed by atoms with Gasteiger partial charge in [-0.1, -0.05) is 12.8 Å². The van der Waals surface area contributed by atoms with Crippen LogP contribution in [0, 0.1) is 0 Å². The number of hydrogen-bond acceptors (Lipinski definition) is 7. The maximum atomic E-state index is 13.0. The molecular weight excluding hydrogens is 436 g/mol. The molecule has 1 saturated carbocycles. The molecule has 0 spiro atoms. The van der Waals surface area contributed by atoms with Gasteiger partial charge in [-0.05, 0) is 49.2 Å². The molecule has 9 nitrogen and oxygen atoms in total. The van der Waals surface area contributed by atoms with Crippen molar-refractivity contribution in [3.63, 3.8) is 0 Å². The third-order valence-electron chi connectivity index (χ3n) is 5.27. The highest BCUT2D eigenvalue weighted by Gasteiger charge is 2.27. The van der Waals surface area contributed by atoms with Crippen molar-refractivity contribution in [1.82, 2.24) is 4.72 Å². The van der Waals surface area contributed by atoms with Gasteiger partial charge in [-0.2, -0.15) is 0 Å². The largest absolute Gasteiger partial charge is 0.497 e. The molecule has 0 unspecified atom stereocenters. The third kappa shape index (κ3) is 5.20. The van der Waals surface area contributed by atoms with Crippen LogP contribution in [0.25, 0.3) is 0 Å². The number of nitrogens with one attached hydrogen (secondary N) is 2. The highest BCUT2D eigenvalue weighted by molar-refractivity contribution is 7.89. The van der Waals surface area contributed by atoms with Crippen molar-refractivity contribution in [1.29, 1.82) is 0 Å². The molecule has 1 aliphatic rings. The van der Waals surface area contributed by atoms with E-state index in [1.54, 1.807) is 6.07 Å². The fourth-order valence-corrected chi connectivity index (χ4v) is 5.09. The van der Waals surface area contributed by atoms with Gasteiger partial charge in [-0.3, -0.25) is 4.79 Å². The van der Waals surface area contributed by atoms with E-state index in [0.717, 1.165) is 25.7 Å². The number of benzene rings is 2. The Bertz CT molecular complexity index is 1110. The summed E-state index contributed by atoms with van der Waals surface area (Å²) in [6, 6.07) is 8.52. The molecule has 1 fully saturated rings. The van der Waals surface area contributed by atoms with E-state index in [1.165, 1.54) is 51.7 Å². The number of anilines is 1. The topological polar surface area (TPSA) is 120 Å². The Morgan fingerprint density at radius 1 is 0.969 bits per heavy atom. The molecule has 2 aromatic carbocycles. The van der Waals surface area contributed by atoms with Crippen molar-refractivity contribution in [3.05, 3.63) is 47.5 Å². The van der Waals surface area contributed by atoms with Crippen LogP contribution in [0.4, 0.5) is 5.69 Å². The van der Waals surface area contributed by atoms with Gasteiger partial charge in [-0.25, -0.2) is 17.9 Å². The maximum Gasteiger partial charge on any atom is 0.340 e. The van der Waals surface area contributed by atoms with Crippen molar-refractivity contribution in [2.24, 2.45) is 0 Å². The van der Waals surface area contributed by atoms with Crippen LogP contribution in [0.2, 0.25) is 0 Å². The van der Waals surface area contributed by atoms with Crippen LogP contribution in [0.3, 0.4) is 0 Å². The van der Waals surface area contributed by atoms with Gasteiger partial charge in [0.1, 0.15) is 16.4 Å². The molecule has 0 atom stereocenters. The van der Waals surface area contributed by atoms with Crippen molar-refractivity contribution < 1.29 is 32.2 Å². The van der Waals surface area contributed by atoms with Gasteiger partial charge in [0.25, 0.3) is 5.91 Å². The first-order valence-electron chi connectivity index (χ1n) is 10.1. The van der Waals surface area contributed by atoms with Crippen LogP contribution in [-0.4, -0.2) is 47.7 Å². The number of carbonyl (C=O) groups is 2. The molecule has 2 aromatic rings. The lowest BCUT2D eigenvalue weighted by Gasteiger charge is -2.16. The molecule has 10 heteroatoms. The number of carbonyl (C=O) groups excluding carboxylic acids is 2. The number of esters is 1. The standard InChI is InChI=1S/C22H26N2O7S/c1-29-16-9-10-18(17(13-16)22(26)31-3)23-21(25)14-8-11-19(30-2)20(12-14)32(27,28)24-15-6-4-5-7-15/h8-13,15,24H,4-7H2,1-3H3,(H,23,25). The lowest BCUT2D eigenvalue weighted by molar-refractivity contribution is 0.0601. The Balaban J connectivity index is 1.91. The summed E-state index contributed by atoms with van der Waals surface area (Å²) in [5.74, 6) is -0.704. The number of rotatable bonds is 8. The molecule has 2 N–H and O–H groups in total. The Labute approximate surface area is 187 Å². The predicted octanol–water partition coefficient (Wildman–Crippen LogP) is 2.96. The zero-order valence-corrected chi connectivity index (χ0v) is 19.0. The number of hydrogen-bond donors (Lipinski definition) is 2. The fourth-order valence-electron chi connectivity index (χ4n) is 3.59. The van der Waals surface area contributed by atoms with Gasteiger partial charge in [-0.15, -0.1) is 0 Å². The number of methoxy groups -OCH3 is 3. The predicted molar refractivity (Wildman–Crippen MR) is 118 cm³/mol. The van der Waals surface area contributed by atoms with Crippen molar-refractivity contribution >= 4 is 27.6 Å². The molecule has 3 rings (SSSR count). The van der Waals surface area contributed by atoms with Gasteiger partial charge in [0, 0.05) is 11.6 Å². The van der Waals surface area contributed by atoms with Crippen LogP contribution < -0.4 is 19.5 Å². The third-order valence-corrected chi connectivity index (χ3v) is 6.81. The van der Waals surface area contributed by atoms with Crippen molar-refractivity contribution in [3.8, 4) is 11.5 Å². The summed E-state index contributed by atoms with van der Waals surface area (Å²) in [5, 5.41) is 2.63. The average Bonchev–Trinajstić information content (AvgIpc) is 3.30. The lowest BCUT2D eigenvalue weighted by atomic mass is 10.1. The molecule has 0 heterocycles. The molecule has 32 heavy (non-hydrogen) atoms. The number of ether oxygens (including phenoxy) is 3. The second-order valence-corrected chi connectivity index (χ2v) is 9.01. The van der Waals surface area contributed by atoms with Crippen LogP contribution >= 0.6 is 0 Å². The Kier molecular flexibility index (Phi) is 7.37. The summed E-state index contributed by atoms with van der Waals surface area (Å²) >= 11 is 0. The second kappa shape index (κ2) is 10.0. The van der Waals surface area contributed by atoms with E-state index in [0.29, 0.717) is 5.75 Å². The van der Waals surface area contributed by atoms with E-state index in [-0.39, 0.29) is 33.5 Å². The molecule has 0 saturated heterocycles. The van der Waals surface area contributed by atoms with E-state index in [9.17, 15) is 18.0 Å². The van der Waals surface area contributed by atoms with E-state index in [1.807, 2.05) is 0 Å². The molecule has 1 aliphatic carbocycles. The average molecular weight is 463 g/mol. The minimum absolute atomic E-state index is 0.0873. The number of amides is 1. The van der Waals surface area contributed by atoms with Crippen molar-refractivity contribution in [2.75, 3.05) is 26.6 Å². The van der Waals surface area contributed by atoms with Gasteiger partial charge in [0.15, 0.2) is 0 Å². The quantitative estimate of drug-likeness (QED) is 0.579. The van der Waals surface area contributed by atoms with Crippen LogP contribution in [0.5, 0.6) is 11.5 Å². The summed E-state index contributed by atoms with van der Waals surface area (Å²) in [6.45, 7) is 0. The normalized spacial score (nSPS) is 14.1. The molecule has 0 bridgehead atoms. The molecular formula is C22H26N2O7S. The first-order valence-corrected chi connectivity index (χ1v) is 11.6. The summed E-state index contributed by atoms with van der Waals surface area (Å²) in [7, 11) is 0.149. The lowest BCUT2D eigenvalue weighted by Crippen LogP contribution is -2.33. The molecule has 1 amide bonds. The minimum Gasteiger partial charge on any atom is -0.497 e. The van der Waals surface area contributed by atoms with E-state index in [4.69, 9.17) is 14.2 Å². The van der Waals surface area contributed by atoms with Gasteiger partial charge in [0.2, 0.25) is 10.0 Å². The molecule has 0 aliphatic heterocycles. The Morgan fingerprint density at radius 2 is 1.69 bits per heavy atom. The summed E-state index contributed by atoms with van der Waals surface area (Å²) in [6.07, 6.45) is 3.49. The van der Waals surface area contributed by atoms with E-state index < -0.39 is 21.9 Å². The zero-order valence-electron chi connectivity index (χ0n) is 18.1. The summed E-state index contributed by atoms with van der Waals surface area (Å²) in [4.78, 5) is 24.9. The molecule has 172 valence electrons. The van der Waals surface area contributed by atoms with Crippen molar-refractivity contribution in [2.45, 2.75) is 36.6 Å². The second-order valence-electron chi connectivity index (χ2n) is 7.33. The number of sulfonamides is 1. The van der Waals surface area contributed by atoms with Crippen LogP contribution in [0.1, 0.15) is 46.4 Å². The fraction of sp³-hybridized carbons (Fsp3) is 0.364. The monoisotopic (exact) mass is 462 g/mol. The Morgan fingerprint density at radius 3 is 2.31 bits per heavy atom. The van der Waals surface area contributed by atoms with Gasteiger partial charge in [0.05, 0.1) is 32.6 Å². The van der Waals surface area contributed by atoms with E-state index >= 15 is 0 Å². The SMILES string of the molecule is COC(=O)c1cc(OC)ccc1NC(=O)c1ccc(OC)c(S(=O)(=O)NC2CCCC2)c1. The van der Waals surface area contributed by atoms with E-state index in [2.05, 4.69) is 10.0 Å². The highest BCUT2D eigenvalue weighted by Crippen LogP contribution is 2.28. The zero-order chi connectivity index (χ0) is 23.3. The first kappa shape index (κ1) is 23.6. The smallest absolute Gasteiger partial charge is 0.340 e. The molecule has 0 radical (unpaired) electrons. The highest BCUT2D eigenvalue weighted by atomic mass is 32.2. The summed E-state index contributed by atoms with van der Waals surface area (Å²) in [5.41, 5.74) is 0.389. The summed E-state index contributed by atoms with van der Waals surface area (Å²) < 4.78 is 43.7. The van der Waals surface area contributed by atoms with Crippen LogP contribution in [-0.2, 0) is 14.8 Å². The minimum atomic E-state index is -3.90.